The van der Waals surface area contributed by atoms with Gasteiger partial charge < -0.3 is 0 Å². The van der Waals surface area contributed by atoms with Gasteiger partial charge >= 0.3 is 131 Å². The number of rotatable bonds is 6. The van der Waals surface area contributed by atoms with Gasteiger partial charge in [-0.3, -0.25) is 0 Å². The van der Waals surface area contributed by atoms with Crippen molar-refractivity contribution >= 4 is 24.6 Å². The van der Waals surface area contributed by atoms with Crippen molar-refractivity contribution in [2.24, 2.45) is 0 Å². The number of halogens is 2. The Morgan fingerprint density at radius 1 is 0.684 bits per heavy atom. The molecule has 0 fully saturated rings. The minimum absolute atomic E-state index is 0.563. The van der Waals surface area contributed by atoms with E-state index in [0.29, 0.717) is 13.2 Å². The van der Waals surface area contributed by atoms with Crippen LogP contribution in [-0.4, -0.2) is 0 Å². The van der Waals surface area contributed by atoms with Gasteiger partial charge in [0.15, 0.2) is 0 Å². The molecular weight excluding hydrogens is 538 g/mol. The van der Waals surface area contributed by atoms with Crippen LogP contribution in [0.15, 0.2) is 60.7 Å². The molecule has 0 saturated carbocycles. The maximum absolute atomic E-state index is 5.87. The van der Waals surface area contributed by atoms with Crippen molar-refractivity contribution in [3.63, 3.8) is 0 Å². The fourth-order valence-electron chi connectivity index (χ4n) is 1.52. The molecule has 0 aromatic heterocycles. The quantitative estimate of drug-likeness (QED) is 0.469. The van der Waals surface area contributed by atoms with E-state index in [9.17, 15) is 0 Å². The van der Waals surface area contributed by atoms with E-state index in [1.807, 2.05) is 60.7 Å². The van der Waals surface area contributed by atoms with Crippen molar-refractivity contribution in [3.05, 3.63) is 71.8 Å². The van der Waals surface area contributed by atoms with Crippen LogP contribution in [0.2, 0.25) is 0 Å². The second-order valence-corrected chi connectivity index (χ2v) is 35.2. The topological polar surface area (TPSA) is 18.5 Å². The van der Waals surface area contributed by atoms with E-state index in [1.165, 1.54) is 0 Å². The molecule has 0 heterocycles. The van der Waals surface area contributed by atoms with E-state index in [2.05, 4.69) is 24.6 Å². The Labute approximate surface area is 130 Å². The van der Waals surface area contributed by atoms with E-state index < -0.39 is 16.2 Å². The molecule has 0 radical (unpaired) electrons. The van der Waals surface area contributed by atoms with Crippen molar-refractivity contribution in [3.8, 4) is 0 Å². The molecule has 0 aliphatic carbocycles. The molecule has 5 heteroatoms. The fraction of sp³-hybridized carbons (Fsp3) is 0.143. The van der Waals surface area contributed by atoms with Crippen molar-refractivity contribution in [2.75, 3.05) is 0 Å². The van der Waals surface area contributed by atoms with Gasteiger partial charge in [0.1, 0.15) is 0 Å². The SMILES string of the molecule is [Br][Hf]([Br])([O]Cc1ccccc1)[O]Cc1ccccc1. The molecule has 0 bridgehead atoms. The summed E-state index contributed by atoms with van der Waals surface area (Å²) in [5.41, 5.74) is 2.29. The van der Waals surface area contributed by atoms with Crippen LogP contribution in [0.3, 0.4) is 0 Å². The van der Waals surface area contributed by atoms with Crippen LogP contribution in [0, 0.1) is 0 Å². The maximum atomic E-state index is 5.87. The zero-order valence-electron chi connectivity index (χ0n) is 10.3. The summed E-state index contributed by atoms with van der Waals surface area (Å²) >= 11 is 3.85. The van der Waals surface area contributed by atoms with E-state index in [-0.39, 0.29) is 0 Å². The predicted molar refractivity (Wildman–Crippen MR) is 80.3 cm³/mol. The van der Waals surface area contributed by atoms with E-state index in [4.69, 9.17) is 5.71 Å². The van der Waals surface area contributed by atoms with Gasteiger partial charge in [0.05, 0.1) is 0 Å². The minimum atomic E-state index is -3.33. The van der Waals surface area contributed by atoms with Gasteiger partial charge in [-0.2, -0.15) is 0 Å². The molecular formula is C14H14Br2HfO2. The zero-order chi connectivity index (χ0) is 13.6. The van der Waals surface area contributed by atoms with Gasteiger partial charge in [0.25, 0.3) is 0 Å². The molecule has 0 N–H and O–H groups in total. The monoisotopic (exact) mass is 552 g/mol. The fourth-order valence-corrected chi connectivity index (χ4v) is 7.98. The van der Waals surface area contributed by atoms with E-state index >= 15 is 0 Å². The summed E-state index contributed by atoms with van der Waals surface area (Å²) in [6.07, 6.45) is 0. The molecule has 0 saturated heterocycles. The van der Waals surface area contributed by atoms with E-state index in [1.54, 1.807) is 0 Å². The average molecular weight is 553 g/mol. The summed E-state index contributed by atoms with van der Waals surface area (Å²) in [7, 11) is 0. The van der Waals surface area contributed by atoms with Crippen molar-refractivity contribution < 1.29 is 21.9 Å². The Bertz CT molecular complexity index is 446. The van der Waals surface area contributed by atoms with Gasteiger partial charge in [-0.05, 0) is 0 Å². The molecule has 19 heavy (non-hydrogen) atoms. The van der Waals surface area contributed by atoms with Crippen LogP contribution in [0.1, 0.15) is 11.1 Å². The molecule has 0 amide bonds. The van der Waals surface area contributed by atoms with Gasteiger partial charge in [0.2, 0.25) is 0 Å². The summed E-state index contributed by atoms with van der Waals surface area (Å²) in [6.45, 7) is 1.13. The van der Waals surface area contributed by atoms with Gasteiger partial charge in [-0.25, -0.2) is 0 Å². The summed E-state index contributed by atoms with van der Waals surface area (Å²) in [4.78, 5) is 0. The number of hydrogen-bond donors (Lipinski definition) is 0. The van der Waals surface area contributed by atoms with Crippen molar-refractivity contribution in [1.29, 1.82) is 0 Å². The Kier molecular flexibility index (Phi) is 6.42. The van der Waals surface area contributed by atoms with Gasteiger partial charge in [0, 0.05) is 0 Å². The molecule has 0 atom stereocenters. The van der Waals surface area contributed by atoms with Crippen LogP contribution < -0.4 is 0 Å². The van der Waals surface area contributed by atoms with Gasteiger partial charge in [-0.15, -0.1) is 0 Å². The molecule has 0 aliphatic heterocycles. The van der Waals surface area contributed by atoms with Crippen LogP contribution in [0.5, 0.6) is 0 Å². The van der Waals surface area contributed by atoms with Crippen molar-refractivity contribution in [2.45, 2.75) is 13.2 Å². The first-order valence-corrected chi connectivity index (χ1v) is 24.5. The van der Waals surface area contributed by atoms with E-state index in [0.717, 1.165) is 11.1 Å². The molecule has 100 valence electrons. The molecule has 2 rings (SSSR count). The first kappa shape index (κ1) is 15.6. The van der Waals surface area contributed by atoms with Crippen molar-refractivity contribution in [1.82, 2.24) is 0 Å². The zero-order valence-corrected chi connectivity index (χ0v) is 17.0. The molecule has 2 aromatic carbocycles. The Morgan fingerprint density at radius 3 is 1.42 bits per heavy atom. The van der Waals surface area contributed by atoms with Crippen LogP contribution in [-0.2, 0) is 35.1 Å². The first-order chi connectivity index (χ1) is 9.16. The summed E-state index contributed by atoms with van der Waals surface area (Å²) in [6, 6.07) is 20.2. The second-order valence-electron chi connectivity index (χ2n) is 4.01. The normalized spacial score (nSPS) is 11.5. The standard InChI is InChI=1S/2C7H7O.2BrH.Hf/c2*8-6-7-4-2-1-3-5-7;;;/h2*1-5H,6H2;2*1H;/q2*-1;;;+4/p-2. The summed E-state index contributed by atoms with van der Waals surface area (Å²) in [5.74, 6) is 0. The van der Waals surface area contributed by atoms with Crippen LogP contribution in [0.25, 0.3) is 0 Å². The number of benzene rings is 2. The third-order valence-electron chi connectivity index (χ3n) is 2.50. The Balaban J connectivity index is 1.82. The third kappa shape index (κ3) is 6.00. The molecule has 0 spiro atoms. The first-order valence-electron chi connectivity index (χ1n) is 5.89. The molecule has 2 nitrogen and oxygen atoms in total. The number of hydrogen-bond acceptors (Lipinski definition) is 2. The third-order valence-corrected chi connectivity index (χ3v) is 13.4. The van der Waals surface area contributed by atoms with Crippen LogP contribution in [0.4, 0.5) is 0 Å². The molecule has 0 unspecified atom stereocenters. The Morgan fingerprint density at radius 2 is 1.05 bits per heavy atom. The predicted octanol–water partition coefficient (Wildman–Crippen LogP) is 5.02. The Hall–Kier alpha value is 0.190. The summed E-state index contributed by atoms with van der Waals surface area (Å²) < 4.78 is 11.7. The average Bonchev–Trinajstić information content (AvgIpc) is 2.46. The summed E-state index contributed by atoms with van der Waals surface area (Å²) in [5, 5.41) is 0. The second kappa shape index (κ2) is 7.84. The van der Waals surface area contributed by atoms with Crippen LogP contribution >= 0.6 is 24.6 Å². The van der Waals surface area contributed by atoms with Gasteiger partial charge in [-0.1, -0.05) is 0 Å². The molecule has 2 aromatic rings. The molecule has 0 aliphatic rings.